The molecule has 1 aliphatic rings. The molecule has 1 aromatic carbocycles. The molecule has 0 unspecified atom stereocenters. The van der Waals surface area contributed by atoms with E-state index in [0.717, 1.165) is 25.9 Å². The van der Waals surface area contributed by atoms with Crippen LogP contribution in [0.5, 0.6) is 0 Å². The van der Waals surface area contributed by atoms with Gasteiger partial charge in [-0.2, -0.15) is 0 Å². The molecule has 0 radical (unpaired) electrons. The zero-order valence-electron chi connectivity index (χ0n) is 8.69. The average Bonchev–Trinajstić information content (AvgIpc) is 2.31. The van der Waals surface area contributed by atoms with Crippen LogP contribution in [0.1, 0.15) is 29.6 Å². The number of carbonyl (C=O) groups is 1. The lowest BCUT2D eigenvalue weighted by Crippen LogP contribution is -2.32. The van der Waals surface area contributed by atoms with Crippen molar-refractivity contribution in [3.8, 4) is 0 Å². The van der Waals surface area contributed by atoms with Crippen LogP contribution < -0.4 is 0 Å². The van der Waals surface area contributed by atoms with E-state index in [1.165, 1.54) is 6.42 Å². The Morgan fingerprint density at radius 1 is 1.07 bits per heavy atom. The van der Waals surface area contributed by atoms with Gasteiger partial charge in [0.2, 0.25) is 0 Å². The van der Waals surface area contributed by atoms with Gasteiger partial charge in [0.05, 0.1) is 5.56 Å². The highest BCUT2D eigenvalue weighted by atomic mass is 16.7. The molecule has 1 fully saturated rings. The number of hydroxylamine groups is 2. The summed E-state index contributed by atoms with van der Waals surface area (Å²) in [6.45, 7) is 1.72. The van der Waals surface area contributed by atoms with E-state index in [-0.39, 0.29) is 5.97 Å². The molecule has 0 amide bonds. The molecule has 3 heteroatoms. The molecule has 80 valence electrons. The zero-order valence-corrected chi connectivity index (χ0v) is 8.69. The molecule has 1 aromatic rings. The molecule has 1 aliphatic heterocycles. The highest BCUT2D eigenvalue weighted by Gasteiger charge is 2.15. The lowest BCUT2D eigenvalue weighted by atomic mass is 10.2. The van der Waals surface area contributed by atoms with Crippen molar-refractivity contribution < 1.29 is 9.63 Å². The maximum atomic E-state index is 11.6. The van der Waals surface area contributed by atoms with E-state index in [2.05, 4.69) is 0 Å². The Balaban J connectivity index is 1.91. The molecule has 0 aromatic heterocycles. The standard InChI is InChI=1S/C12H15NO2/c14-12(11-7-3-1-4-8-11)15-13-9-5-2-6-10-13/h1,3-4,7-8H,2,5-6,9-10H2. The summed E-state index contributed by atoms with van der Waals surface area (Å²) >= 11 is 0. The molecule has 0 spiro atoms. The minimum Gasteiger partial charge on any atom is -0.364 e. The first kappa shape index (κ1) is 10.2. The Hall–Kier alpha value is -1.35. The van der Waals surface area contributed by atoms with Crippen molar-refractivity contribution in [2.24, 2.45) is 0 Å². The summed E-state index contributed by atoms with van der Waals surface area (Å²) in [6, 6.07) is 9.11. The number of benzene rings is 1. The van der Waals surface area contributed by atoms with Crippen molar-refractivity contribution in [1.82, 2.24) is 5.06 Å². The van der Waals surface area contributed by atoms with Crippen LogP contribution in [-0.2, 0) is 4.84 Å². The number of carbonyl (C=O) groups excluding carboxylic acids is 1. The van der Waals surface area contributed by atoms with Gasteiger partial charge in [-0.25, -0.2) is 4.79 Å². The molecule has 0 aliphatic carbocycles. The van der Waals surface area contributed by atoms with Gasteiger partial charge >= 0.3 is 5.97 Å². The second kappa shape index (κ2) is 4.94. The molecule has 0 N–H and O–H groups in total. The second-order valence-electron chi connectivity index (χ2n) is 3.73. The Labute approximate surface area is 89.6 Å². The van der Waals surface area contributed by atoms with Gasteiger partial charge in [0.15, 0.2) is 0 Å². The second-order valence-corrected chi connectivity index (χ2v) is 3.73. The topological polar surface area (TPSA) is 29.5 Å². The molecule has 15 heavy (non-hydrogen) atoms. The van der Waals surface area contributed by atoms with Crippen LogP contribution in [0.15, 0.2) is 30.3 Å². The van der Waals surface area contributed by atoms with Gasteiger partial charge in [0.25, 0.3) is 0 Å². The fourth-order valence-electron chi connectivity index (χ4n) is 1.70. The highest BCUT2D eigenvalue weighted by molar-refractivity contribution is 5.89. The highest BCUT2D eigenvalue weighted by Crippen LogP contribution is 2.11. The van der Waals surface area contributed by atoms with Crippen molar-refractivity contribution in [3.63, 3.8) is 0 Å². The van der Waals surface area contributed by atoms with E-state index in [1.54, 1.807) is 17.2 Å². The summed E-state index contributed by atoms with van der Waals surface area (Å²) in [7, 11) is 0. The van der Waals surface area contributed by atoms with Crippen LogP contribution in [0.2, 0.25) is 0 Å². The van der Waals surface area contributed by atoms with Crippen molar-refractivity contribution in [1.29, 1.82) is 0 Å². The number of nitrogens with zero attached hydrogens (tertiary/aromatic N) is 1. The fourth-order valence-corrected chi connectivity index (χ4v) is 1.70. The third kappa shape index (κ3) is 2.80. The largest absolute Gasteiger partial charge is 0.364 e. The van der Waals surface area contributed by atoms with Gasteiger partial charge in [-0.15, -0.1) is 5.06 Å². The van der Waals surface area contributed by atoms with E-state index in [9.17, 15) is 4.79 Å². The Kier molecular flexibility index (Phi) is 3.35. The van der Waals surface area contributed by atoms with Crippen LogP contribution in [0.3, 0.4) is 0 Å². The van der Waals surface area contributed by atoms with Crippen LogP contribution >= 0.6 is 0 Å². The smallest absolute Gasteiger partial charge is 0.357 e. The third-order valence-electron chi connectivity index (χ3n) is 2.54. The van der Waals surface area contributed by atoms with Gasteiger partial charge < -0.3 is 4.84 Å². The van der Waals surface area contributed by atoms with Gasteiger partial charge in [-0.1, -0.05) is 24.6 Å². The minimum atomic E-state index is -0.252. The maximum absolute atomic E-state index is 11.6. The first-order valence-electron chi connectivity index (χ1n) is 5.38. The summed E-state index contributed by atoms with van der Waals surface area (Å²) in [5.74, 6) is -0.252. The normalized spacial score (nSPS) is 17.3. The van der Waals surface area contributed by atoms with Crippen molar-refractivity contribution in [3.05, 3.63) is 35.9 Å². The fraction of sp³-hybridized carbons (Fsp3) is 0.417. The van der Waals surface area contributed by atoms with E-state index < -0.39 is 0 Å². The van der Waals surface area contributed by atoms with Crippen LogP contribution in [0, 0.1) is 0 Å². The molecule has 0 atom stereocenters. The van der Waals surface area contributed by atoms with Crippen molar-refractivity contribution in [2.75, 3.05) is 13.1 Å². The SMILES string of the molecule is O=C(ON1CCCCC1)c1ccccc1. The summed E-state index contributed by atoms with van der Waals surface area (Å²) in [4.78, 5) is 16.9. The zero-order chi connectivity index (χ0) is 10.5. The number of hydrogen-bond donors (Lipinski definition) is 0. The van der Waals surface area contributed by atoms with Gasteiger partial charge in [0, 0.05) is 13.1 Å². The van der Waals surface area contributed by atoms with Gasteiger partial charge in [0.1, 0.15) is 0 Å². The van der Waals surface area contributed by atoms with E-state index in [4.69, 9.17) is 4.84 Å². The first-order valence-corrected chi connectivity index (χ1v) is 5.38. The van der Waals surface area contributed by atoms with Crippen LogP contribution in [0.25, 0.3) is 0 Å². The molecular weight excluding hydrogens is 190 g/mol. The maximum Gasteiger partial charge on any atom is 0.357 e. The van der Waals surface area contributed by atoms with Crippen LogP contribution in [0.4, 0.5) is 0 Å². The molecule has 3 nitrogen and oxygen atoms in total. The first-order chi connectivity index (χ1) is 7.36. The molecular formula is C12H15NO2. The Morgan fingerprint density at radius 3 is 2.40 bits per heavy atom. The number of hydrogen-bond acceptors (Lipinski definition) is 3. The monoisotopic (exact) mass is 205 g/mol. The average molecular weight is 205 g/mol. The predicted molar refractivity (Wildman–Crippen MR) is 57.3 cm³/mol. The lowest BCUT2D eigenvalue weighted by Gasteiger charge is -2.24. The summed E-state index contributed by atoms with van der Waals surface area (Å²) in [5.41, 5.74) is 0.614. The Morgan fingerprint density at radius 2 is 1.73 bits per heavy atom. The molecule has 0 bridgehead atoms. The van der Waals surface area contributed by atoms with E-state index in [0.29, 0.717) is 5.56 Å². The van der Waals surface area contributed by atoms with E-state index >= 15 is 0 Å². The third-order valence-corrected chi connectivity index (χ3v) is 2.54. The molecule has 0 saturated carbocycles. The quantitative estimate of drug-likeness (QED) is 0.741. The Bertz CT molecular complexity index is 318. The van der Waals surface area contributed by atoms with Crippen molar-refractivity contribution in [2.45, 2.75) is 19.3 Å². The number of rotatable bonds is 2. The molecule has 1 saturated heterocycles. The summed E-state index contributed by atoms with van der Waals surface area (Å²) < 4.78 is 0. The van der Waals surface area contributed by atoms with Crippen LogP contribution in [-0.4, -0.2) is 24.1 Å². The minimum absolute atomic E-state index is 0.252. The molecule has 1 heterocycles. The molecule has 2 rings (SSSR count). The van der Waals surface area contributed by atoms with Crippen molar-refractivity contribution >= 4 is 5.97 Å². The summed E-state index contributed by atoms with van der Waals surface area (Å²) in [6.07, 6.45) is 3.46. The van der Waals surface area contributed by atoms with E-state index in [1.807, 2.05) is 18.2 Å². The predicted octanol–water partition coefficient (Wildman–Crippen LogP) is 2.24. The van der Waals surface area contributed by atoms with Gasteiger partial charge in [-0.05, 0) is 25.0 Å². The number of piperidine rings is 1. The summed E-state index contributed by atoms with van der Waals surface area (Å²) in [5, 5.41) is 1.76. The van der Waals surface area contributed by atoms with Gasteiger partial charge in [-0.3, -0.25) is 0 Å². The lowest BCUT2D eigenvalue weighted by molar-refractivity contribution is -0.119.